The molecule has 12 rings (SSSR count). The fourth-order valence-corrected chi connectivity index (χ4v) is 14.7. The van der Waals surface area contributed by atoms with Gasteiger partial charge < -0.3 is 9.80 Å². The Bertz CT molecular complexity index is 3160. The summed E-state index contributed by atoms with van der Waals surface area (Å²) < 4.78 is 1.42. The topological polar surface area (TPSA) is 6.48 Å². The number of hydrogen-bond acceptors (Lipinski definition) is 3. The molecule has 0 bridgehead atoms. The Hall–Kier alpha value is -5.06. The van der Waals surface area contributed by atoms with Gasteiger partial charge in [0.15, 0.2) is 0 Å². The molecule has 0 N–H and O–H groups in total. The van der Waals surface area contributed by atoms with Crippen LogP contribution in [0.4, 0.5) is 27.8 Å². The van der Waals surface area contributed by atoms with Crippen molar-refractivity contribution in [2.45, 2.75) is 154 Å². The zero-order valence-electron chi connectivity index (χ0n) is 41.6. The van der Waals surface area contributed by atoms with Gasteiger partial charge in [0.1, 0.15) is 0 Å². The van der Waals surface area contributed by atoms with Gasteiger partial charge in [0.2, 0.25) is 0 Å². The lowest BCUT2D eigenvalue weighted by Gasteiger charge is -2.52. The minimum absolute atomic E-state index is 0.00500. The maximum absolute atomic E-state index is 2.93. The maximum atomic E-state index is 2.93. The molecule has 4 heterocycles. The van der Waals surface area contributed by atoms with Gasteiger partial charge in [-0.25, -0.2) is 0 Å². The summed E-state index contributed by atoms with van der Waals surface area (Å²) in [5.41, 5.74) is 22.7. The number of fused-ring (bicyclic) bond motifs is 10. The summed E-state index contributed by atoms with van der Waals surface area (Å²) in [4.78, 5) is 5.68. The predicted molar refractivity (Wildman–Crippen MR) is 288 cm³/mol. The normalized spacial score (nSPS) is 22.2. The lowest BCUT2D eigenvalue weighted by molar-refractivity contribution is 0.195. The first-order chi connectivity index (χ1) is 31.2. The van der Waals surface area contributed by atoms with Crippen molar-refractivity contribution in [3.8, 4) is 22.3 Å². The Morgan fingerprint density at radius 3 is 1.82 bits per heavy atom. The molecular formula is C62H67BN2S. The first kappa shape index (κ1) is 42.3. The molecule has 0 saturated heterocycles. The average Bonchev–Trinajstić information content (AvgIpc) is 3.75. The van der Waals surface area contributed by atoms with Gasteiger partial charge in [-0.2, -0.15) is 0 Å². The van der Waals surface area contributed by atoms with Crippen LogP contribution in [-0.4, -0.2) is 12.3 Å². The Labute approximate surface area is 399 Å². The number of benzene rings is 6. The third kappa shape index (κ3) is 5.79. The van der Waals surface area contributed by atoms with Crippen LogP contribution in [-0.2, 0) is 27.1 Å². The molecule has 1 saturated carbocycles. The highest BCUT2D eigenvalue weighted by atomic mass is 32.1. The molecule has 7 aromatic rings. The molecule has 5 aliphatic rings. The Morgan fingerprint density at radius 1 is 0.530 bits per heavy atom. The molecule has 2 nitrogen and oxygen atoms in total. The van der Waals surface area contributed by atoms with Crippen LogP contribution in [0.1, 0.15) is 149 Å². The molecule has 2 aliphatic carbocycles. The Kier molecular flexibility index (Phi) is 8.83. The molecule has 3 aliphatic heterocycles. The van der Waals surface area contributed by atoms with Gasteiger partial charge in [-0.3, -0.25) is 0 Å². The molecule has 66 heavy (non-hydrogen) atoms. The first-order valence-electron chi connectivity index (χ1n) is 25.1. The largest absolute Gasteiger partial charge is 0.335 e. The number of thiophene rings is 1. The second kappa shape index (κ2) is 13.8. The second-order valence-electron chi connectivity index (χ2n) is 24.8. The summed E-state index contributed by atoms with van der Waals surface area (Å²) in [6.45, 7) is 29.7. The maximum Gasteiger partial charge on any atom is 0.254 e. The molecular weight excluding hydrogens is 816 g/mol. The van der Waals surface area contributed by atoms with Crippen molar-refractivity contribution in [3.63, 3.8) is 0 Å². The van der Waals surface area contributed by atoms with Crippen molar-refractivity contribution in [1.82, 2.24) is 0 Å². The zero-order chi connectivity index (χ0) is 46.1. The minimum atomic E-state index is -0.0764. The summed E-state index contributed by atoms with van der Waals surface area (Å²) in [5.74, 6) is 0. The van der Waals surface area contributed by atoms with Gasteiger partial charge in [-0.15, -0.1) is 11.3 Å². The lowest BCUT2D eigenvalue weighted by atomic mass is 9.33. The van der Waals surface area contributed by atoms with E-state index in [2.05, 4.69) is 208 Å². The number of nitrogens with zero attached hydrogens (tertiary/aromatic N) is 2. The summed E-state index contributed by atoms with van der Waals surface area (Å²) in [6.07, 6.45) is 7.32. The number of hydrogen-bond donors (Lipinski definition) is 0. The smallest absolute Gasteiger partial charge is 0.254 e. The highest BCUT2D eigenvalue weighted by Crippen LogP contribution is 2.63. The van der Waals surface area contributed by atoms with Crippen molar-refractivity contribution in [2.75, 3.05) is 9.80 Å². The average molecular weight is 883 g/mol. The van der Waals surface area contributed by atoms with E-state index in [-0.39, 0.29) is 39.3 Å². The monoisotopic (exact) mass is 883 g/mol. The zero-order valence-corrected chi connectivity index (χ0v) is 42.4. The Balaban J connectivity index is 1.27. The molecule has 334 valence electrons. The second-order valence-corrected chi connectivity index (χ2v) is 25.8. The number of anilines is 5. The van der Waals surface area contributed by atoms with Crippen LogP contribution in [0, 0.1) is 0 Å². The van der Waals surface area contributed by atoms with Gasteiger partial charge in [-0.05, 0) is 157 Å². The van der Waals surface area contributed by atoms with E-state index in [4.69, 9.17) is 0 Å². The lowest BCUT2D eigenvalue weighted by Crippen LogP contribution is -2.64. The highest BCUT2D eigenvalue weighted by Gasteiger charge is 2.62. The molecule has 4 heteroatoms. The molecule has 1 fully saturated rings. The molecule has 1 aromatic heterocycles. The SMILES string of the molecule is CC(C)(C)c1ccc(N2c3cc(-c4ccccc4)cc4c3B(c3cc(C(C)(C)C)cc5c3N4C3(C)CCCCC53C)c3c2sc2cc4c(cc32)C(C)(C)CCC4(C)C)c(-c2ccccc2)c1. The van der Waals surface area contributed by atoms with Gasteiger partial charge in [0.05, 0.1) is 16.2 Å². The summed E-state index contributed by atoms with van der Waals surface area (Å²) in [6, 6.07) is 45.7. The summed E-state index contributed by atoms with van der Waals surface area (Å²) in [7, 11) is 0. The third-order valence-electron chi connectivity index (χ3n) is 17.8. The van der Waals surface area contributed by atoms with Crippen LogP contribution in [0.5, 0.6) is 0 Å². The van der Waals surface area contributed by atoms with Gasteiger partial charge in [0.25, 0.3) is 6.71 Å². The fourth-order valence-electron chi connectivity index (χ4n) is 13.4. The third-order valence-corrected chi connectivity index (χ3v) is 18.9. The molecule has 2 atom stereocenters. The van der Waals surface area contributed by atoms with E-state index < -0.39 is 0 Å². The Morgan fingerprint density at radius 2 is 1.15 bits per heavy atom. The van der Waals surface area contributed by atoms with Crippen molar-refractivity contribution in [2.24, 2.45) is 0 Å². The van der Waals surface area contributed by atoms with Crippen molar-refractivity contribution >= 4 is 72.3 Å². The van der Waals surface area contributed by atoms with Crippen molar-refractivity contribution in [3.05, 3.63) is 143 Å². The molecule has 0 radical (unpaired) electrons. The fraction of sp³-hybridized carbons (Fsp3) is 0.387. The van der Waals surface area contributed by atoms with Gasteiger partial charge >= 0.3 is 0 Å². The first-order valence-corrected chi connectivity index (χ1v) is 25.9. The van der Waals surface area contributed by atoms with Crippen LogP contribution < -0.4 is 26.2 Å². The van der Waals surface area contributed by atoms with Gasteiger partial charge in [0, 0.05) is 32.7 Å². The molecule has 2 unspecified atom stereocenters. The van der Waals surface area contributed by atoms with Gasteiger partial charge in [-0.1, -0.05) is 168 Å². The van der Waals surface area contributed by atoms with E-state index in [9.17, 15) is 0 Å². The van der Waals surface area contributed by atoms with Crippen LogP contribution in [0.25, 0.3) is 32.3 Å². The van der Waals surface area contributed by atoms with E-state index in [1.807, 2.05) is 11.3 Å². The van der Waals surface area contributed by atoms with Crippen LogP contribution in [0.15, 0.2) is 115 Å². The van der Waals surface area contributed by atoms with Crippen LogP contribution >= 0.6 is 11.3 Å². The molecule has 0 spiro atoms. The predicted octanol–water partition coefficient (Wildman–Crippen LogP) is 15.5. The summed E-state index contributed by atoms with van der Waals surface area (Å²) in [5, 5.41) is 2.82. The standard InChI is InChI=1S/C62H67BN2S/c1-57(2,3)41-25-26-49(43(33-41)39-23-17-14-18-24-39)64-50-31-40(38-21-15-13-16-22-38)32-51-54(50)63(53-44-36-45-46(37-52(44)66-56(53)64)60(9,10)30-29-59(45,7)8)48-35-42(58(4,5)6)34-47-55(48)65(51)62(12)28-20-19-27-61(47,62)11/h13-18,21-26,31-37H,19-20,27-30H2,1-12H3. The van der Waals surface area contributed by atoms with E-state index in [0.29, 0.717) is 0 Å². The number of rotatable bonds is 3. The van der Waals surface area contributed by atoms with E-state index in [0.717, 1.165) is 0 Å². The summed E-state index contributed by atoms with van der Waals surface area (Å²) >= 11 is 2.04. The highest BCUT2D eigenvalue weighted by molar-refractivity contribution is 7.26. The van der Waals surface area contributed by atoms with Crippen LogP contribution in [0.2, 0.25) is 0 Å². The van der Waals surface area contributed by atoms with E-state index in [1.165, 1.54) is 132 Å². The minimum Gasteiger partial charge on any atom is -0.335 e. The molecule has 0 amide bonds. The van der Waals surface area contributed by atoms with Crippen molar-refractivity contribution < 1.29 is 0 Å². The quantitative estimate of drug-likeness (QED) is 0.163. The van der Waals surface area contributed by atoms with E-state index in [1.54, 1.807) is 11.1 Å². The van der Waals surface area contributed by atoms with Crippen LogP contribution in [0.3, 0.4) is 0 Å². The molecule has 6 aromatic carbocycles. The van der Waals surface area contributed by atoms with Crippen molar-refractivity contribution in [1.29, 1.82) is 0 Å². The van der Waals surface area contributed by atoms with E-state index >= 15 is 0 Å².